The van der Waals surface area contributed by atoms with Crippen molar-refractivity contribution in [3.8, 4) is 0 Å². The maximum atomic E-state index is 5.84. The molecule has 1 aromatic rings. The van der Waals surface area contributed by atoms with Crippen LogP contribution in [0.25, 0.3) is 0 Å². The first-order valence-corrected chi connectivity index (χ1v) is 5.67. The van der Waals surface area contributed by atoms with Crippen molar-refractivity contribution in [2.24, 2.45) is 0 Å². The van der Waals surface area contributed by atoms with Gasteiger partial charge in [0, 0.05) is 25.2 Å². The molecule has 2 aliphatic heterocycles. The predicted octanol–water partition coefficient (Wildman–Crippen LogP) is 1.07. The first-order chi connectivity index (χ1) is 7.31. The number of halogens is 1. The second kappa shape index (κ2) is 3.61. The van der Waals surface area contributed by atoms with E-state index in [1.54, 1.807) is 12.4 Å². The van der Waals surface area contributed by atoms with Gasteiger partial charge in [-0.05, 0) is 12.8 Å². The Balaban J connectivity index is 1.83. The van der Waals surface area contributed by atoms with E-state index in [-0.39, 0.29) is 0 Å². The lowest BCUT2D eigenvalue weighted by atomic mass is 10.2. The highest BCUT2D eigenvalue weighted by Crippen LogP contribution is 2.23. The van der Waals surface area contributed by atoms with Crippen LogP contribution in [0.3, 0.4) is 0 Å². The molecule has 3 rings (SSSR count). The van der Waals surface area contributed by atoms with Gasteiger partial charge in [0.1, 0.15) is 11.0 Å². The Bertz CT molecular complexity index is 358. The van der Waals surface area contributed by atoms with Crippen LogP contribution in [0.1, 0.15) is 12.8 Å². The zero-order valence-corrected chi connectivity index (χ0v) is 9.11. The van der Waals surface area contributed by atoms with Gasteiger partial charge in [-0.3, -0.25) is 4.98 Å². The molecule has 3 heterocycles. The molecular weight excluding hydrogens is 212 g/mol. The lowest BCUT2D eigenvalue weighted by molar-refractivity contribution is 0.463. The summed E-state index contributed by atoms with van der Waals surface area (Å²) in [6.07, 6.45) is 5.91. The van der Waals surface area contributed by atoms with Gasteiger partial charge in [0.25, 0.3) is 0 Å². The number of nitrogens with zero attached hydrogens (tertiary/aromatic N) is 3. The molecule has 5 heteroatoms. The third kappa shape index (κ3) is 1.79. The molecule has 0 amide bonds. The van der Waals surface area contributed by atoms with Crippen LogP contribution in [-0.4, -0.2) is 35.1 Å². The van der Waals surface area contributed by atoms with Crippen molar-refractivity contribution in [2.75, 3.05) is 18.0 Å². The van der Waals surface area contributed by atoms with Crippen LogP contribution in [0.2, 0.25) is 5.15 Å². The summed E-state index contributed by atoms with van der Waals surface area (Å²) in [4.78, 5) is 10.6. The molecule has 4 nitrogen and oxygen atoms in total. The summed E-state index contributed by atoms with van der Waals surface area (Å²) in [5, 5.41) is 4.05. The fourth-order valence-electron chi connectivity index (χ4n) is 2.47. The van der Waals surface area contributed by atoms with Gasteiger partial charge in [-0.25, -0.2) is 4.98 Å². The van der Waals surface area contributed by atoms with Crippen molar-refractivity contribution < 1.29 is 0 Å². The van der Waals surface area contributed by atoms with E-state index in [0.29, 0.717) is 17.2 Å². The largest absolute Gasteiger partial charge is 0.352 e. The molecule has 0 aliphatic carbocycles. The quantitative estimate of drug-likeness (QED) is 0.775. The smallest absolute Gasteiger partial charge is 0.149 e. The maximum Gasteiger partial charge on any atom is 0.149 e. The summed E-state index contributed by atoms with van der Waals surface area (Å²) in [7, 11) is 0. The van der Waals surface area contributed by atoms with Crippen molar-refractivity contribution in [2.45, 2.75) is 24.9 Å². The average molecular weight is 225 g/mol. The van der Waals surface area contributed by atoms with Crippen LogP contribution in [0.4, 0.5) is 5.82 Å². The molecule has 1 aromatic heterocycles. The first-order valence-electron chi connectivity index (χ1n) is 5.30. The monoisotopic (exact) mass is 224 g/mol. The van der Waals surface area contributed by atoms with Gasteiger partial charge in [0.2, 0.25) is 0 Å². The Labute approximate surface area is 93.7 Å². The van der Waals surface area contributed by atoms with Crippen LogP contribution in [-0.2, 0) is 0 Å². The summed E-state index contributed by atoms with van der Waals surface area (Å²) in [5.74, 6) is 0.904. The molecule has 1 N–H and O–H groups in total. The van der Waals surface area contributed by atoms with E-state index in [2.05, 4.69) is 20.2 Å². The lowest BCUT2D eigenvalue weighted by Crippen LogP contribution is -2.51. The van der Waals surface area contributed by atoms with Crippen molar-refractivity contribution in [3.63, 3.8) is 0 Å². The topological polar surface area (TPSA) is 41.1 Å². The third-order valence-corrected chi connectivity index (χ3v) is 3.32. The minimum atomic E-state index is 0.471. The van der Waals surface area contributed by atoms with Gasteiger partial charge in [-0.2, -0.15) is 0 Å². The molecule has 0 saturated carbocycles. The second-order valence-corrected chi connectivity index (χ2v) is 4.63. The molecule has 2 unspecified atom stereocenters. The Kier molecular flexibility index (Phi) is 2.25. The molecular formula is C10H13ClN4. The summed E-state index contributed by atoms with van der Waals surface area (Å²) < 4.78 is 0. The standard InChI is InChI=1S/C10H13ClN4/c11-9-3-12-4-10(14-9)15-5-7-1-2-8(6-15)13-7/h3-4,7-8,13H,1-2,5-6H2. The Morgan fingerprint density at radius 1 is 1.27 bits per heavy atom. The van der Waals surface area contributed by atoms with E-state index in [9.17, 15) is 0 Å². The highest BCUT2D eigenvalue weighted by Gasteiger charge is 2.32. The molecule has 0 radical (unpaired) electrons. The maximum absolute atomic E-state index is 5.84. The highest BCUT2D eigenvalue weighted by atomic mass is 35.5. The molecule has 2 fully saturated rings. The first kappa shape index (κ1) is 9.36. The highest BCUT2D eigenvalue weighted by molar-refractivity contribution is 6.29. The number of hydrogen-bond donors (Lipinski definition) is 1. The van der Waals surface area contributed by atoms with E-state index in [0.717, 1.165) is 18.9 Å². The molecule has 2 saturated heterocycles. The van der Waals surface area contributed by atoms with E-state index < -0.39 is 0 Å². The van der Waals surface area contributed by atoms with Crippen molar-refractivity contribution in [1.82, 2.24) is 15.3 Å². The molecule has 15 heavy (non-hydrogen) atoms. The van der Waals surface area contributed by atoms with Crippen LogP contribution in [0, 0.1) is 0 Å². The van der Waals surface area contributed by atoms with Gasteiger partial charge in [0.15, 0.2) is 0 Å². The zero-order valence-electron chi connectivity index (χ0n) is 8.36. The molecule has 80 valence electrons. The number of rotatable bonds is 1. The van der Waals surface area contributed by atoms with E-state index in [1.807, 2.05) is 0 Å². The normalized spacial score (nSPS) is 29.5. The Morgan fingerprint density at radius 3 is 2.67 bits per heavy atom. The fourth-order valence-corrected chi connectivity index (χ4v) is 2.61. The number of piperazine rings is 1. The molecule has 0 aromatic carbocycles. The molecule has 2 aliphatic rings. The van der Waals surface area contributed by atoms with E-state index in [1.165, 1.54) is 12.8 Å². The van der Waals surface area contributed by atoms with Gasteiger partial charge >= 0.3 is 0 Å². The number of aromatic nitrogens is 2. The Morgan fingerprint density at radius 2 is 2.00 bits per heavy atom. The summed E-state index contributed by atoms with van der Waals surface area (Å²) in [6, 6.07) is 1.23. The minimum absolute atomic E-state index is 0.471. The SMILES string of the molecule is Clc1cncc(N2CC3CCC(C2)N3)n1. The third-order valence-electron chi connectivity index (χ3n) is 3.13. The van der Waals surface area contributed by atoms with E-state index in [4.69, 9.17) is 11.6 Å². The van der Waals surface area contributed by atoms with Crippen molar-refractivity contribution >= 4 is 17.4 Å². The second-order valence-electron chi connectivity index (χ2n) is 4.24. The van der Waals surface area contributed by atoms with Crippen molar-refractivity contribution in [3.05, 3.63) is 17.5 Å². The Hall–Kier alpha value is -0.870. The number of hydrogen-bond acceptors (Lipinski definition) is 4. The van der Waals surface area contributed by atoms with Crippen LogP contribution in [0.5, 0.6) is 0 Å². The molecule has 2 atom stereocenters. The van der Waals surface area contributed by atoms with Crippen LogP contribution >= 0.6 is 11.6 Å². The van der Waals surface area contributed by atoms with Gasteiger partial charge in [0.05, 0.1) is 12.4 Å². The number of fused-ring (bicyclic) bond motifs is 2. The van der Waals surface area contributed by atoms with Gasteiger partial charge in [-0.1, -0.05) is 11.6 Å². The average Bonchev–Trinajstić information content (AvgIpc) is 2.58. The van der Waals surface area contributed by atoms with Gasteiger partial charge in [-0.15, -0.1) is 0 Å². The van der Waals surface area contributed by atoms with E-state index >= 15 is 0 Å². The molecule has 0 spiro atoms. The predicted molar refractivity (Wildman–Crippen MR) is 59.2 cm³/mol. The zero-order chi connectivity index (χ0) is 10.3. The summed E-state index contributed by atoms with van der Waals surface area (Å²) in [6.45, 7) is 2.04. The number of anilines is 1. The summed E-state index contributed by atoms with van der Waals surface area (Å²) >= 11 is 5.84. The van der Waals surface area contributed by atoms with Crippen LogP contribution < -0.4 is 10.2 Å². The summed E-state index contributed by atoms with van der Waals surface area (Å²) in [5.41, 5.74) is 0. The molecule has 2 bridgehead atoms. The van der Waals surface area contributed by atoms with Crippen molar-refractivity contribution in [1.29, 1.82) is 0 Å². The van der Waals surface area contributed by atoms with Crippen LogP contribution in [0.15, 0.2) is 12.4 Å². The lowest BCUT2D eigenvalue weighted by Gasteiger charge is -2.33. The minimum Gasteiger partial charge on any atom is -0.352 e. The van der Waals surface area contributed by atoms with Gasteiger partial charge < -0.3 is 10.2 Å². The number of nitrogens with one attached hydrogen (secondary N) is 1. The fraction of sp³-hybridized carbons (Fsp3) is 0.600.